The summed E-state index contributed by atoms with van der Waals surface area (Å²) in [6.45, 7) is 5.30. The van der Waals surface area contributed by atoms with Crippen molar-refractivity contribution >= 4 is 23.0 Å². The van der Waals surface area contributed by atoms with Gasteiger partial charge in [0.05, 0.1) is 7.11 Å². The number of rotatable bonds is 8. The van der Waals surface area contributed by atoms with Crippen LogP contribution in [0.1, 0.15) is 39.5 Å². The Bertz CT molecular complexity index is 452. The van der Waals surface area contributed by atoms with Crippen LogP contribution in [0, 0.1) is 5.92 Å². The topological polar surface area (TPSA) is 53.5 Å². The van der Waals surface area contributed by atoms with Gasteiger partial charge < -0.3 is 20.5 Å². The third kappa shape index (κ3) is 6.21. The fourth-order valence-electron chi connectivity index (χ4n) is 2.12. The zero-order valence-electron chi connectivity index (χ0n) is 13.1. The lowest BCUT2D eigenvalue weighted by atomic mass is 9.99. The van der Waals surface area contributed by atoms with Crippen molar-refractivity contribution < 1.29 is 9.84 Å². The molecular weight excluding hydrogens is 284 g/mol. The number of aromatic hydroxyl groups is 1. The van der Waals surface area contributed by atoms with Crippen LogP contribution >= 0.6 is 12.2 Å². The molecule has 1 atom stereocenters. The highest BCUT2D eigenvalue weighted by atomic mass is 32.1. The van der Waals surface area contributed by atoms with E-state index < -0.39 is 0 Å². The molecule has 0 heterocycles. The Morgan fingerprint density at radius 3 is 2.71 bits per heavy atom. The Labute approximate surface area is 132 Å². The third-order valence-corrected chi connectivity index (χ3v) is 3.78. The Hall–Kier alpha value is -1.49. The molecule has 0 bridgehead atoms. The fraction of sp³-hybridized carbons (Fsp3) is 0.562. The first-order valence-electron chi connectivity index (χ1n) is 7.52. The van der Waals surface area contributed by atoms with Gasteiger partial charge in [-0.15, -0.1) is 0 Å². The minimum absolute atomic E-state index is 0.0969. The lowest BCUT2D eigenvalue weighted by Gasteiger charge is -2.17. The van der Waals surface area contributed by atoms with Crippen molar-refractivity contribution in [1.82, 2.24) is 5.32 Å². The van der Waals surface area contributed by atoms with Crippen molar-refractivity contribution in [2.24, 2.45) is 5.92 Å². The number of phenolic OH excluding ortho intramolecular Hbond substituents is 1. The predicted octanol–water partition coefficient (Wildman–Crippen LogP) is 3.90. The molecule has 3 N–H and O–H groups in total. The molecule has 118 valence electrons. The lowest BCUT2D eigenvalue weighted by Crippen LogP contribution is -2.32. The van der Waals surface area contributed by atoms with Crippen LogP contribution in [0.4, 0.5) is 5.69 Å². The summed E-state index contributed by atoms with van der Waals surface area (Å²) in [5.41, 5.74) is 0.743. The van der Waals surface area contributed by atoms with Crippen LogP contribution in [-0.4, -0.2) is 23.9 Å². The summed E-state index contributed by atoms with van der Waals surface area (Å²) in [5, 5.41) is 16.6. The molecule has 21 heavy (non-hydrogen) atoms. The number of hydrogen-bond donors (Lipinski definition) is 3. The molecule has 0 aliphatic carbocycles. The number of phenols is 1. The summed E-state index contributed by atoms with van der Waals surface area (Å²) in [6, 6.07) is 5.12. The van der Waals surface area contributed by atoms with E-state index in [0.29, 0.717) is 16.8 Å². The van der Waals surface area contributed by atoms with Gasteiger partial charge in [0, 0.05) is 18.3 Å². The minimum atomic E-state index is 0.0969. The van der Waals surface area contributed by atoms with E-state index in [2.05, 4.69) is 24.5 Å². The largest absolute Gasteiger partial charge is 0.504 e. The van der Waals surface area contributed by atoms with Crippen molar-refractivity contribution in [2.45, 2.75) is 39.5 Å². The molecule has 4 nitrogen and oxygen atoms in total. The van der Waals surface area contributed by atoms with Crippen molar-refractivity contribution in [2.75, 3.05) is 19.0 Å². The maximum atomic E-state index is 9.73. The first-order chi connectivity index (χ1) is 10.1. The van der Waals surface area contributed by atoms with Crippen molar-refractivity contribution in [3.8, 4) is 11.5 Å². The van der Waals surface area contributed by atoms with E-state index in [1.807, 2.05) is 6.07 Å². The van der Waals surface area contributed by atoms with Crippen LogP contribution in [0.5, 0.6) is 11.5 Å². The van der Waals surface area contributed by atoms with Crippen molar-refractivity contribution in [3.63, 3.8) is 0 Å². The third-order valence-electron chi connectivity index (χ3n) is 3.53. The van der Waals surface area contributed by atoms with E-state index in [9.17, 15) is 5.11 Å². The average Bonchev–Trinajstić information content (AvgIpc) is 2.47. The summed E-state index contributed by atoms with van der Waals surface area (Å²) in [6.07, 6.45) is 4.86. The number of benzene rings is 1. The second-order valence-corrected chi connectivity index (χ2v) is 5.55. The van der Waals surface area contributed by atoms with Gasteiger partial charge in [0.15, 0.2) is 16.6 Å². The summed E-state index contributed by atoms with van der Waals surface area (Å²) >= 11 is 5.28. The van der Waals surface area contributed by atoms with Crippen LogP contribution < -0.4 is 15.4 Å². The van der Waals surface area contributed by atoms with Crippen LogP contribution in [0.2, 0.25) is 0 Å². The monoisotopic (exact) mass is 310 g/mol. The number of nitrogens with one attached hydrogen (secondary N) is 2. The Morgan fingerprint density at radius 2 is 2.14 bits per heavy atom. The molecule has 0 saturated heterocycles. The van der Waals surface area contributed by atoms with Crippen molar-refractivity contribution in [3.05, 3.63) is 18.2 Å². The number of unbranched alkanes of at least 4 members (excludes halogenated alkanes) is 1. The van der Waals surface area contributed by atoms with Gasteiger partial charge in [0.1, 0.15) is 0 Å². The van der Waals surface area contributed by atoms with Gasteiger partial charge >= 0.3 is 0 Å². The van der Waals surface area contributed by atoms with Gasteiger partial charge in [-0.1, -0.05) is 33.1 Å². The second kappa shape index (κ2) is 9.45. The Balaban J connectivity index is 2.44. The van der Waals surface area contributed by atoms with E-state index in [4.69, 9.17) is 17.0 Å². The van der Waals surface area contributed by atoms with Crippen LogP contribution in [0.15, 0.2) is 18.2 Å². The van der Waals surface area contributed by atoms with Gasteiger partial charge in [-0.05, 0) is 36.7 Å². The fourth-order valence-corrected chi connectivity index (χ4v) is 2.32. The molecule has 1 aromatic rings. The molecular formula is C16H26N2O2S. The van der Waals surface area contributed by atoms with E-state index in [1.54, 1.807) is 12.1 Å². The molecule has 0 fully saturated rings. The molecule has 0 spiro atoms. The van der Waals surface area contributed by atoms with Gasteiger partial charge in [0.2, 0.25) is 0 Å². The predicted molar refractivity (Wildman–Crippen MR) is 92.2 cm³/mol. The summed E-state index contributed by atoms with van der Waals surface area (Å²) in [5.74, 6) is 1.19. The Kier molecular flexibility index (Phi) is 7.90. The molecule has 0 amide bonds. The SMILES string of the molecule is CCCC[C@H](CC)CNC(=S)Nc1ccc(OC)c(O)c1. The highest BCUT2D eigenvalue weighted by Crippen LogP contribution is 2.28. The number of hydrogen-bond acceptors (Lipinski definition) is 3. The lowest BCUT2D eigenvalue weighted by molar-refractivity contribution is 0.373. The summed E-state index contributed by atoms with van der Waals surface area (Å²) < 4.78 is 5.01. The van der Waals surface area contributed by atoms with E-state index in [0.717, 1.165) is 18.7 Å². The maximum Gasteiger partial charge on any atom is 0.170 e. The molecule has 5 heteroatoms. The number of anilines is 1. The quantitative estimate of drug-likeness (QED) is 0.636. The highest BCUT2D eigenvalue weighted by Gasteiger charge is 2.07. The Morgan fingerprint density at radius 1 is 1.38 bits per heavy atom. The molecule has 0 aliphatic heterocycles. The molecule has 1 rings (SSSR count). The van der Waals surface area contributed by atoms with Crippen molar-refractivity contribution in [1.29, 1.82) is 0 Å². The van der Waals surface area contributed by atoms with Gasteiger partial charge in [-0.3, -0.25) is 0 Å². The van der Waals surface area contributed by atoms with Crippen LogP contribution in [-0.2, 0) is 0 Å². The second-order valence-electron chi connectivity index (χ2n) is 5.14. The first-order valence-corrected chi connectivity index (χ1v) is 7.93. The number of thiocarbonyl (C=S) groups is 1. The van der Waals surface area contributed by atoms with Crippen LogP contribution in [0.25, 0.3) is 0 Å². The standard InChI is InChI=1S/C16H26N2O2S/c1-4-6-7-12(5-2)11-17-16(21)18-13-8-9-15(20-3)14(19)10-13/h8-10,12,19H,4-7,11H2,1-3H3,(H2,17,18,21)/t12-/m0/s1. The molecule has 1 aromatic carbocycles. The van der Waals surface area contributed by atoms with Gasteiger partial charge in [-0.25, -0.2) is 0 Å². The zero-order chi connectivity index (χ0) is 15.7. The maximum absolute atomic E-state index is 9.73. The highest BCUT2D eigenvalue weighted by molar-refractivity contribution is 7.80. The molecule has 0 saturated carbocycles. The van der Waals surface area contributed by atoms with E-state index in [1.165, 1.54) is 26.4 Å². The van der Waals surface area contributed by atoms with Gasteiger partial charge in [-0.2, -0.15) is 0 Å². The van der Waals surface area contributed by atoms with Crippen LogP contribution in [0.3, 0.4) is 0 Å². The zero-order valence-corrected chi connectivity index (χ0v) is 13.9. The number of ether oxygens (including phenoxy) is 1. The smallest absolute Gasteiger partial charge is 0.170 e. The first kappa shape index (κ1) is 17.6. The van der Waals surface area contributed by atoms with E-state index >= 15 is 0 Å². The average molecular weight is 310 g/mol. The minimum Gasteiger partial charge on any atom is -0.504 e. The van der Waals surface area contributed by atoms with E-state index in [-0.39, 0.29) is 5.75 Å². The molecule has 0 aliphatic rings. The molecule has 0 unspecified atom stereocenters. The normalized spacial score (nSPS) is 11.8. The molecule has 0 radical (unpaired) electrons. The number of methoxy groups -OCH3 is 1. The molecule has 0 aromatic heterocycles. The summed E-state index contributed by atoms with van der Waals surface area (Å²) in [4.78, 5) is 0. The van der Waals surface area contributed by atoms with Gasteiger partial charge in [0.25, 0.3) is 0 Å². The summed E-state index contributed by atoms with van der Waals surface area (Å²) in [7, 11) is 1.52.